The summed E-state index contributed by atoms with van der Waals surface area (Å²) in [4.78, 5) is 0. The molecule has 0 heterocycles. The Morgan fingerprint density at radius 3 is 2.43 bits per heavy atom. The highest BCUT2D eigenvalue weighted by atomic mass is 16.5. The van der Waals surface area contributed by atoms with Gasteiger partial charge in [0.15, 0.2) is 0 Å². The molecule has 0 aliphatic heterocycles. The van der Waals surface area contributed by atoms with E-state index in [1.807, 2.05) is 30.3 Å². The van der Waals surface area contributed by atoms with Crippen molar-refractivity contribution in [1.82, 2.24) is 0 Å². The van der Waals surface area contributed by atoms with Gasteiger partial charge in [-0.15, -0.1) is 0 Å². The lowest BCUT2D eigenvalue weighted by Gasteiger charge is -2.09. The summed E-state index contributed by atoms with van der Waals surface area (Å²) >= 11 is 0. The Morgan fingerprint density at radius 1 is 1.24 bits per heavy atom. The van der Waals surface area contributed by atoms with Gasteiger partial charge in [0.25, 0.3) is 0 Å². The fraction of sp³-hybridized carbons (Fsp3) is 0.333. The zero-order chi connectivity index (χ0) is 15.7. The predicted molar refractivity (Wildman–Crippen MR) is 88.3 cm³/mol. The Hall–Kier alpha value is -2.00. The standard InChI is InChI=1S/C18H25NO2/c1-4-16(20)7-10-18(13-14(2)3)21-17-8-5-15(6-9-17)11-12-19/h4-10,13-14,20H,11-12,19H2,1-3H3/b10-7-,16-4+,18-13+. The van der Waals surface area contributed by atoms with Gasteiger partial charge < -0.3 is 15.6 Å². The molecule has 1 aromatic carbocycles. The van der Waals surface area contributed by atoms with E-state index in [4.69, 9.17) is 10.5 Å². The molecule has 0 fully saturated rings. The van der Waals surface area contributed by atoms with Crippen molar-refractivity contribution in [2.75, 3.05) is 6.54 Å². The third kappa shape index (κ3) is 6.82. The molecule has 0 saturated heterocycles. The van der Waals surface area contributed by atoms with Crippen LogP contribution < -0.4 is 10.5 Å². The van der Waals surface area contributed by atoms with Gasteiger partial charge in [-0.25, -0.2) is 0 Å². The normalized spacial score (nSPS) is 13.2. The zero-order valence-corrected chi connectivity index (χ0v) is 13.0. The minimum Gasteiger partial charge on any atom is -0.508 e. The number of aliphatic hydroxyl groups excluding tert-OH is 1. The second-order valence-corrected chi connectivity index (χ2v) is 5.14. The first kappa shape index (κ1) is 17.1. The fourth-order valence-corrected chi connectivity index (χ4v) is 1.74. The van der Waals surface area contributed by atoms with E-state index in [0.29, 0.717) is 18.2 Å². The SMILES string of the molecule is C\C=C(O)/C=C\C(=C/C(C)C)Oc1ccc(CCN)cc1. The number of hydrogen-bond acceptors (Lipinski definition) is 3. The minimum atomic E-state index is 0.214. The fourth-order valence-electron chi connectivity index (χ4n) is 1.74. The van der Waals surface area contributed by atoms with E-state index < -0.39 is 0 Å². The molecule has 3 heteroatoms. The molecule has 0 saturated carbocycles. The van der Waals surface area contributed by atoms with Crippen molar-refractivity contribution >= 4 is 0 Å². The number of aliphatic hydroxyl groups is 1. The summed E-state index contributed by atoms with van der Waals surface area (Å²) < 4.78 is 5.86. The van der Waals surface area contributed by atoms with Gasteiger partial charge in [0.05, 0.1) is 0 Å². The number of ether oxygens (including phenoxy) is 1. The Morgan fingerprint density at radius 2 is 1.90 bits per heavy atom. The van der Waals surface area contributed by atoms with Gasteiger partial charge in [-0.3, -0.25) is 0 Å². The van der Waals surface area contributed by atoms with Crippen LogP contribution in [0.15, 0.2) is 60.1 Å². The molecule has 0 amide bonds. The van der Waals surface area contributed by atoms with Crippen LogP contribution in [0.2, 0.25) is 0 Å². The molecule has 0 aromatic heterocycles. The quantitative estimate of drug-likeness (QED) is 0.586. The van der Waals surface area contributed by atoms with Gasteiger partial charge in [0.1, 0.15) is 17.3 Å². The van der Waals surface area contributed by atoms with Crippen molar-refractivity contribution < 1.29 is 9.84 Å². The molecule has 0 aliphatic carbocycles. The molecular formula is C18H25NO2. The number of hydrogen-bond donors (Lipinski definition) is 2. The molecule has 3 N–H and O–H groups in total. The molecule has 114 valence electrons. The topological polar surface area (TPSA) is 55.5 Å². The lowest BCUT2D eigenvalue weighted by molar-refractivity contribution is 0.424. The average Bonchev–Trinajstić information content (AvgIpc) is 2.46. The molecule has 21 heavy (non-hydrogen) atoms. The maximum Gasteiger partial charge on any atom is 0.127 e. The third-order valence-electron chi connectivity index (χ3n) is 2.80. The predicted octanol–water partition coefficient (Wildman–Crippen LogP) is 4.12. The van der Waals surface area contributed by atoms with Gasteiger partial charge >= 0.3 is 0 Å². The first-order valence-electron chi connectivity index (χ1n) is 7.27. The van der Waals surface area contributed by atoms with Crippen LogP contribution in [0.25, 0.3) is 0 Å². The van der Waals surface area contributed by atoms with Gasteiger partial charge in [0, 0.05) is 0 Å². The first-order chi connectivity index (χ1) is 10.0. The van der Waals surface area contributed by atoms with Gasteiger partial charge in [-0.05, 0) is 67.8 Å². The van der Waals surface area contributed by atoms with Crippen LogP contribution in [-0.4, -0.2) is 11.7 Å². The van der Waals surface area contributed by atoms with Crippen molar-refractivity contribution in [2.45, 2.75) is 27.2 Å². The molecule has 3 nitrogen and oxygen atoms in total. The molecule has 0 bridgehead atoms. The van der Waals surface area contributed by atoms with Gasteiger partial charge in [0.2, 0.25) is 0 Å². The Balaban J connectivity index is 2.83. The van der Waals surface area contributed by atoms with Crippen molar-refractivity contribution in [3.8, 4) is 5.75 Å². The molecule has 0 radical (unpaired) electrons. The van der Waals surface area contributed by atoms with E-state index in [0.717, 1.165) is 12.2 Å². The maximum absolute atomic E-state index is 9.48. The summed E-state index contributed by atoms with van der Waals surface area (Å²) in [6, 6.07) is 7.90. The largest absolute Gasteiger partial charge is 0.508 e. The van der Waals surface area contributed by atoms with E-state index >= 15 is 0 Å². The number of rotatable bonds is 7. The van der Waals surface area contributed by atoms with Gasteiger partial charge in [-0.1, -0.05) is 26.0 Å². The van der Waals surface area contributed by atoms with E-state index in [1.165, 1.54) is 5.56 Å². The average molecular weight is 287 g/mol. The molecule has 0 aliphatic rings. The highest BCUT2D eigenvalue weighted by molar-refractivity contribution is 5.31. The lowest BCUT2D eigenvalue weighted by Crippen LogP contribution is -2.02. The zero-order valence-electron chi connectivity index (χ0n) is 13.0. The summed E-state index contributed by atoms with van der Waals surface area (Å²) in [7, 11) is 0. The van der Waals surface area contributed by atoms with E-state index in [-0.39, 0.29) is 5.76 Å². The summed E-state index contributed by atoms with van der Waals surface area (Å²) in [6.45, 7) is 6.58. The van der Waals surface area contributed by atoms with Gasteiger partial charge in [-0.2, -0.15) is 0 Å². The smallest absolute Gasteiger partial charge is 0.127 e. The maximum atomic E-state index is 9.48. The van der Waals surface area contributed by atoms with Crippen LogP contribution in [0.5, 0.6) is 5.75 Å². The van der Waals surface area contributed by atoms with Crippen LogP contribution in [0.4, 0.5) is 0 Å². The highest BCUT2D eigenvalue weighted by Crippen LogP contribution is 2.17. The van der Waals surface area contributed by atoms with Crippen LogP contribution in [0.3, 0.4) is 0 Å². The number of benzene rings is 1. The van der Waals surface area contributed by atoms with Crippen molar-refractivity contribution in [2.24, 2.45) is 11.7 Å². The molecule has 0 spiro atoms. The van der Waals surface area contributed by atoms with Crippen LogP contribution in [-0.2, 0) is 6.42 Å². The van der Waals surface area contributed by atoms with Crippen LogP contribution in [0.1, 0.15) is 26.3 Å². The van der Waals surface area contributed by atoms with Crippen molar-refractivity contribution in [3.05, 3.63) is 65.7 Å². The number of nitrogens with two attached hydrogens (primary N) is 1. The molecular weight excluding hydrogens is 262 g/mol. The first-order valence-corrected chi connectivity index (χ1v) is 7.27. The molecule has 0 atom stereocenters. The van der Waals surface area contributed by atoms with Crippen molar-refractivity contribution in [3.63, 3.8) is 0 Å². The van der Waals surface area contributed by atoms with E-state index in [9.17, 15) is 5.11 Å². The Bertz CT molecular complexity index is 511. The summed E-state index contributed by atoms with van der Waals surface area (Å²) in [5.74, 6) is 2.05. The lowest BCUT2D eigenvalue weighted by atomic mass is 10.1. The molecule has 1 aromatic rings. The summed E-state index contributed by atoms with van der Waals surface area (Å²) in [5.41, 5.74) is 6.73. The monoisotopic (exact) mass is 287 g/mol. The Labute approximate surface area is 127 Å². The second-order valence-electron chi connectivity index (χ2n) is 5.14. The van der Waals surface area contributed by atoms with Crippen molar-refractivity contribution in [1.29, 1.82) is 0 Å². The third-order valence-corrected chi connectivity index (χ3v) is 2.80. The van der Waals surface area contributed by atoms with Crippen LogP contribution in [0, 0.1) is 5.92 Å². The van der Waals surface area contributed by atoms with E-state index in [2.05, 4.69) is 13.8 Å². The Kier molecular flexibility index (Phi) is 7.33. The second kappa shape index (κ2) is 9.03. The molecule has 1 rings (SSSR count). The van der Waals surface area contributed by atoms with E-state index in [1.54, 1.807) is 25.2 Å². The number of allylic oxidation sites excluding steroid dienone is 4. The highest BCUT2D eigenvalue weighted by Gasteiger charge is 2.00. The molecule has 0 unspecified atom stereocenters. The summed E-state index contributed by atoms with van der Waals surface area (Å²) in [6.07, 6.45) is 7.89. The minimum absolute atomic E-state index is 0.214. The summed E-state index contributed by atoms with van der Waals surface area (Å²) in [5, 5.41) is 9.48. The van der Waals surface area contributed by atoms with Crippen LogP contribution >= 0.6 is 0 Å².